The van der Waals surface area contributed by atoms with Gasteiger partial charge in [0.15, 0.2) is 0 Å². The van der Waals surface area contributed by atoms with Crippen LogP contribution in [0, 0.1) is 11.3 Å². The zero-order valence-electron chi connectivity index (χ0n) is 7.12. The fourth-order valence-electron chi connectivity index (χ4n) is 0.872. The van der Waals surface area contributed by atoms with Crippen molar-refractivity contribution in [2.75, 3.05) is 0 Å². The van der Waals surface area contributed by atoms with Crippen molar-refractivity contribution in [1.29, 1.82) is 5.26 Å². The largest absolute Gasteiger partial charge is 0.265 e. The number of rotatable bonds is 2. The molecular weight excluding hydrogens is 240 g/mol. The number of hydrogen-bond acceptors (Lipinski definition) is 3. The average molecular weight is 243 g/mol. The van der Waals surface area contributed by atoms with E-state index in [2.05, 4.69) is 9.43 Å². The summed E-state index contributed by atoms with van der Waals surface area (Å²) in [5, 5.41) is 8.37. The molecule has 0 atom stereocenters. The van der Waals surface area contributed by atoms with Crippen LogP contribution in [0.4, 0.5) is 0 Å². The minimum Gasteiger partial charge on any atom is -0.216 e. The molecule has 0 amide bonds. The third-order valence-corrected chi connectivity index (χ3v) is 3.11. The van der Waals surface area contributed by atoms with E-state index < -0.39 is 10.0 Å². The van der Waals surface area contributed by atoms with Gasteiger partial charge in [-0.25, -0.2) is 8.42 Å². The number of nitrogens with zero attached hydrogens (tertiary/aromatic N) is 4. The molecule has 0 N–H and O–H groups in total. The lowest BCUT2D eigenvalue weighted by atomic mass is 10.2. The number of benzene rings is 1. The zero-order chi connectivity index (χ0) is 11.5. The highest BCUT2D eigenvalue weighted by Crippen LogP contribution is 2.24. The van der Waals surface area contributed by atoms with E-state index in [1.165, 1.54) is 12.1 Å². The highest BCUT2D eigenvalue weighted by molar-refractivity contribution is 7.90. The maximum Gasteiger partial charge on any atom is 0.265 e. The molecule has 0 radical (unpaired) electrons. The zero-order valence-corrected chi connectivity index (χ0v) is 8.70. The Morgan fingerprint density at radius 1 is 1.53 bits per heavy atom. The van der Waals surface area contributed by atoms with Crippen LogP contribution in [-0.4, -0.2) is 8.42 Å². The van der Waals surface area contributed by atoms with Gasteiger partial charge in [-0.15, -0.1) is 0 Å². The van der Waals surface area contributed by atoms with Gasteiger partial charge in [0, 0.05) is 9.43 Å². The highest BCUT2D eigenvalue weighted by atomic mass is 35.5. The van der Waals surface area contributed by atoms with E-state index in [-0.39, 0.29) is 15.5 Å². The lowest BCUT2D eigenvalue weighted by Gasteiger charge is -2.00. The SMILES string of the molecule is N#Cc1ccc(S(=O)(=O)N=[N+]=[N-])c(Cl)c1. The minimum absolute atomic E-state index is 0.151. The molecule has 0 aromatic heterocycles. The topological polar surface area (TPSA) is 107 Å². The van der Waals surface area contributed by atoms with Crippen molar-refractivity contribution in [3.8, 4) is 6.07 Å². The second-order valence-corrected chi connectivity index (χ2v) is 4.36. The highest BCUT2D eigenvalue weighted by Gasteiger charge is 2.16. The monoisotopic (exact) mass is 242 g/mol. The third-order valence-electron chi connectivity index (χ3n) is 1.48. The van der Waals surface area contributed by atoms with Gasteiger partial charge in [0.25, 0.3) is 10.0 Å². The summed E-state index contributed by atoms with van der Waals surface area (Å²) in [5.41, 5.74) is 8.26. The van der Waals surface area contributed by atoms with Crippen molar-refractivity contribution in [3.63, 3.8) is 0 Å². The van der Waals surface area contributed by atoms with E-state index >= 15 is 0 Å². The molecule has 0 unspecified atom stereocenters. The molecule has 1 rings (SSSR count). The Labute approximate surface area is 90.4 Å². The summed E-state index contributed by atoms with van der Waals surface area (Å²) in [4.78, 5) is 1.86. The Kier molecular flexibility index (Phi) is 3.17. The molecule has 8 heteroatoms. The van der Waals surface area contributed by atoms with Gasteiger partial charge < -0.3 is 0 Å². The van der Waals surface area contributed by atoms with Crippen LogP contribution < -0.4 is 0 Å². The second-order valence-electron chi connectivity index (χ2n) is 2.40. The Morgan fingerprint density at radius 2 is 2.20 bits per heavy atom. The number of halogens is 1. The van der Waals surface area contributed by atoms with Crippen LogP contribution in [0.15, 0.2) is 27.6 Å². The van der Waals surface area contributed by atoms with Crippen LogP contribution in [0.25, 0.3) is 10.4 Å². The normalized spacial score (nSPS) is 10.1. The number of nitriles is 1. The van der Waals surface area contributed by atoms with Crippen LogP contribution in [0.1, 0.15) is 5.56 Å². The first-order chi connectivity index (χ1) is 7.01. The molecule has 0 aliphatic heterocycles. The Bertz CT molecular complexity index is 583. The lowest BCUT2D eigenvalue weighted by molar-refractivity contribution is 0.597. The van der Waals surface area contributed by atoms with Gasteiger partial charge in [-0.1, -0.05) is 11.6 Å². The molecule has 0 fully saturated rings. The van der Waals surface area contributed by atoms with Crippen molar-refractivity contribution < 1.29 is 8.42 Å². The van der Waals surface area contributed by atoms with Crippen molar-refractivity contribution in [2.45, 2.75) is 4.90 Å². The maximum atomic E-state index is 11.3. The molecule has 6 nitrogen and oxygen atoms in total. The quantitative estimate of drug-likeness (QED) is 0.451. The predicted molar refractivity (Wildman–Crippen MR) is 52.5 cm³/mol. The summed E-state index contributed by atoms with van der Waals surface area (Å²) in [6.45, 7) is 0. The molecule has 0 saturated heterocycles. The van der Waals surface area contributed by atoms with E-state index in [1.54, 1.807) is 6.07 Å². The van der Waals surface area contributed by atoms with Gasteiger partial charge in [0.05, 0.1) is 21.6 Å². The fraction of sp³-hybridized carbons (Fsp3) is 0. The van der Waals surface area contributed by atoms with E-state index in [0.29, 0.717) is 0 Å². The Hall–Kier alpha value is -1.74. The third kappa shape index (κ3) is 2.39. The lowest BCUT2D eigenvalue weighted by Crippen LogP contribution is -1.96. The van der Waals surface area contributed by atoms with E-state index in [1.807, 2.05) is 0 Å². The van der Waals surface area contributed by atoms with Crippen molar-refractivity contribution in [3.05, 3.63) is 39.2 Å². The van der Waals surface area contributed by atoms with Gasteiger partial charge in [-0.3, -0.25) is 0 Å². The van der Waals surface area contributed by atoms with Gasteiger partial charge >= 0.3 is 0 Å². The molecule has 0 spiro atoms. The molecule has 0 aliphatic carbocycles. The first-order valence-electron chi connectivity index (χ1n) is 3.52. The van der Waals surface area contributed by atoms with Gasteiger partial charge in [-0.05, 0) is 23.7 Å². The molecule has 76 valence electrons. The Morgan fingerprint density at radius 3 is 2.67 bits per heavy atom. The summed E-state index contributed by atoms with van der Waals surface area (Å²) in [5.74, 6) is 0. The molecule has 0 heterocycles. The number of sulfonamides is 1. The van der Waals surface area contributed by atoms with Gasteiger partial charge in [0.1, 0.15) is 0 Å². The van der Waals surface area contributed by atoms with Crippen LogP contribution in [0.5, 0.6) is 0 Å². The molecular formula is C7H3ClN4O2S. The first kappa shape index (κ1) is 11.3. The van der Waals surface area contributed by atoms with Gasteiger partial charge in [0.2, 0.25) is 0 Å². The Balaban J connectivity index is 3.43. The van der Waals surface area contributed by atoms with Crippen molar-refractivity contribution in [2.24, 2.45) is 4.52 Å². The molecule has 1 aromatic carbocycles. The van der Waals surface area contributed by atoms with Crippen LogP contribution >= 0.6 is 11.6 Å². The van der Waals surface area contributed by atoms with E-state index in [9.17, 15) is 8.42 Å². The summed E-state index contributed by atoms with van der Waals surface area (Å²) >= 11 is 5.61. The smallest absolute Gasteiger partial charge is 0.216 e. The average Bonchev–Trinajstić information content (AvgIpc) is 2.17. The molecule has 0 bridgehead atoms. The maximum absolute atomic E-state index is 11.3. The summed E-state index contributed by atoms with van der Waals surface area (Å²) in [7, 11) is -4.10. The summed E-state index contributed by atoms with van der Waals surface area (Å²) in [6, 6.07) is 5.36. The van der Waals surface area contributed by atoms with E-state index in [4.69, 9.17) is 22.4 Å². The standard InChI is InChI=1S/C7H3ClN4O2S/c8-6-3-5(4-9)1-2-7(6)15(13,14)12-11-10/h1-3H. The molecule has 0 aliphatic rings. The van der Waals surface area contributed by atoms with Gasteiger partial charge in [-0.2, -0.15) is 5.26 Å². The van der Waals surface area contributed by atoms with Crippen LogP contribution in [0.3, 0.4) is 0 Å². The first-order valence-corrected chi connectivity index (χ1v) is 5.34. The molecule has 1 aromatic rings. The van der Waals surface area contributed by atoms with Crippen LogP contribution in [0.2, 0.25) is 5.02 Å². The summed E-state index contributed by atoms with van der Waals surface area (Å²) < 4.78 is 25.2. The fourth-order valence-corrected chi connectivity index (χ4v) is 2.07. The van der Waals surface area contributed by atoms with Crippen molar-refractivity contribution in [1.82, 2.24) is 0 Å². The number of hydrogen-bond donors (Lipinski definition) is 0. The number of azide groups is 1. The predicted octanol–water partition coefficient (Wildman–Crippen LogP) is 2.21. The second kappa shape index (κ2) is 4.19. The minimum atomic E-state index is -4.10. The van der Waals surface area contributed by atoms with E-state index in [0.717, 1.165) is 6.07 Å². The van der Waals surface area contributed by atoms with Crippen LogP contribution in [-0.2, 0) is 10.0 Å². The molecule has 0 saturated carbocycles. The molecule has 15 heavy (non-hydrogen) atoms. The van der Waals surface area contributed by atoms with Crippen molar-refractivity contribution >= 4 is 21.6 Å². The summed E-state index contributed by atoms with van der Waals surface area (Å²) in [6.07, 6.45) is 0.